The summed E-state index contributed by atoms with van der Waals surface area (Å²) in [7, 11) is -3.38. The Morgan fingerprint density at radius 1 is 1.50 bits per heavy atom. The first-order valence-electron chi connectivity index (χ1n) is 7.10. The smallest absolute Gasteiger partial charge is 0.234 e. The van der Waals surface area contributed by atoms with Crippen LogP contribution in [0.1, 0.15) is 19.3 Å². The summed E-state index contributed by atoms with van der Waals surface area (Å²) >= 11 is 1.53. The van der Waals surface area contributed by atoms with Crippen molar-refractivity contribution in [2.24, 2.45) is 0 Å². The zero-order valence-electron chi connectivity index (χ0n) is 12.4. The second-order valence-electron chi connectivity index (χ2n) is 5.21. The summed E-state index contributed by atoms with van der Waals surface area (Å²) < 4.78 is 28.5. The van der Waals surface area contributed by atoms with E-state index in [4.69, 9.17) is 4.74 Å². The lowest BCUT2D eigenvalue weighted by molar-refractivity contribution is -0.113. The van der Waals surface area contributed by atoms with Gasteiger partial charge in [-0.05, 0) is 31.4 Å². The largest absolute Gasteiger partial charge is 0.377 e. The molecule has 0 spiro atoms. The molecule has 0 aromatic carbocycles. The number of ether oxygens (including phenoxy) is 1. The first kappa shape index (κ1) is 17.2. The van der Waals surface area contributed by atoms with Crippen LogP contribution in [0.15, 0.2) is 23.4 Å². The third-order valence-electron chi connectivity index (χ3n) is 3.21. The van der Waals surface area contributed by atoms with E-state index in [0.29, 0.717) is 11.4 Å². The van der Waals surface area contributed by atoms with Crippen molar-refractivity contribution in [3.05, 3.63) is 18.3 Å². The summed E-state index contributed by atoms with van der Waals surface area (Å²) in [6.07, 6.45) is 6.05. The van der Waals surface area contributed by atoms with E-state index in [0.717, 1.165) is 31.5 Å². The van der Waals surface area contributed by atoms with Crippen molar-refractivity contribution in [3.8, 4) is 0 Å². The molecule has 8 heteroatoms. The number of anilines is 1. The number of carbonyl (C=O) groups is 1. The van der Waals surface area contributed by atoms with E-state index in [-0.39, 0.29) is 17.0 Å². The molecule has 0 saturated carbocycles. The van der Waals surface area contributed by atoms with Gasteiger partial charge in [0.25, 0.3) is 0 Å². The number of aromatic nitrogens is 1. The molecule has 1 saturated heterocycles. The van der Waals surface area contributed by atoms with Crippen molar-refractivity contribution >= 4 is 33.2 Å². The minimum Gasteiger partial charge on any atom is -0.377 e. The Balaban J connectivity index is 1.79. The second-order valence-corrected chi connectivity index (χ2v) is 8.20. The van der Waals surface area contributed by atoms with E-state index >= 15 is 0 Å². The van der Waals surface area contributed by atoms with Gasteiger partial charge in [0.1, 0.15) is 0 Å². The summed E-state index contributed by atoms with van der Waals surface area (Å²) in [5.74, 6) is 0.959. The van der Waals surface area contributed by atoms with Crippen LogP contribution in [0.4, 0.5) is 5.69 Å². The number of nitrogens with one attached hydrogen (secondary N) is 1. The molecule has 2 heterocycles. The lowest BCUT2D eigenvalue weighted by Gasteiger charge is -2.21. The molecule has 1 aliphatic rings. The zero-order valence-corrected chi connectivity index (χ0v) is 14.1. The number of hydrogen-bond acceptors (Lipinski definition) is 6. The third-order valence-corrected chi connectivity index (χ3v) is 5.27. The fourth-order valence-electron chi connectivity index (χ4n) is 2.11. The average Bonchev–Trinajstić information content (AvgIpc) is 2.48. The van der Waals surface area contributed by atoms with Gasteiger partial charge in [0, 0.05) is 30.5 Å². The topological polar surface area (TPSA) is 85.4 Å². The molecule has 1 unspecified atom stereocenters. The number of nitrogens with zero attached hydrogens (tertiary/aromatic N) is 1. The minimum atomic E-state index is -3.38. The SMILES string of the molecule is CS(=O)(=O)c1cc(NC(=O)CSCC2CCCCO2)ccn1. The Morgan fingerprint density at radius 3 is 3.00 bits per heavy atom. The van der Waals surface area contributed by atoms with Crippen LogP contribution in [-0.4, -0.2) is 49.8 Å². The maximum Gasteiger partial charge on any atom is 0.234 e. The number of amides is 1. The maximum absolute atomic E-state index is 11.9. The van der Waals surface area contributed by atoms with E-state index in [9.17, 15) is 13.2 Å². The molecule has 0 bridgehead atoms. The van der Waals surface area contributed by atoms with E-state index in [2.05, 4.69) is 10.3 Å². The molecule has 1 aromatic rings. The Labute approximate surface area is 135 Å². The van der Waals surface area contributed by atoms with Crippen LogP contribution in [0.25, 0.3) is 0 Å². The fourth-order valence-corrected chi connectivity index (χ4v) is 3.60. The molecule has 6 nitrogen and oxygen atoms in total. The van der Waals surface area contributed by atoms with Crippen LogP contribution >= 0.6 is 11.8 Å². The number of rotatable bonds is 6. The fraction of sp³-hybridized carbons (Fsp3) is 0.571. The molecule has 1 atom stereocenters. The standard InChI is InChI=1S/C14H20N2O4S2/c1-22(18,19)14-8-11(5-6-15-14)16-13(17)10-21-9-12-4-2-3-7-20-12/h5-6,8,12H,2-4,7,9-10H2,1H3,(H,15,16,17). The quantitative estimate of drug-likeness (QED) is 0.846. The molecule has 1 amide bonds. The molecule has 0 radical (unpaired) electrons. The van der Waals surface area contributed by atoms with Gasteiger partial charge in [0.2, 0.25) is 5.91 Å². The molecule has 1 N–H and O–H groups in total. The highest BCUT2D eigenvalue weighted by Gasteiger charge is 2.15. The van der Waals surface area contributed by atoms with Crippen LogP contribution < -0.4 is 5.32 Å². The van der Waals surface area contributed by atoms with Crippen LogP contribution in [-0.2, 0) is 19.4 Å². The first-order valence-corrected chi connectivity index (χ1v) is 10.1. The summed E-state index contributed by atoms with van der Waals surface area (Å²) in [6, 6.07) is 2.93. The van der Waals surface area contributed by atoms with Crippen LogP contribution in [0.5, 0.6) is 0 Å². The van der Waals surface area contributed by atoms with Crippen LogP contribution in [0.3, 0.4) is 0 Å². The number of carbonyl (C=O) groups excluding carboxylic acids is 1. The van der Waals surface area contributed by atoms with Gasteiger partial charge in [-0.25, -0.2) is 13.4 Å². The number of hydrogen-bond donors (Lipinski definition) is 1. The molecule has 0 aliphatic carbocycles. The van der Waals surface area contributed by atoms with Crippen molar-refractivity contribution in [2.45, 2.75) is 30.4 Å². The highest BCUT2D eigenvalue weighted by atomic mass is 32.2. The van der Waals surface area contributed by atoms with Gasteiger partial charge < -0.3 is 10.1 Å². The third kappa shape index (κ3) is 5.58. The van der Waals surface area contributed by atoms with E-state index in [1.54, 1.807) is 6.07 Å². The predicted molar refractivity (Wildman–Crippen MR) is 86.9 cm³/mol. The Kier molecular flexibility index (Phi) is 6.22. The molecule has 1 aliphatic heterocycles. The molecule has 1 fully saturated rings. The number of thioether (sulfide) groups is 1. The molecule has 22 heavy (non-hydrogen) atoms. The average molecular weight is 344 g/mol. The van der Waals surface area contributed by atoms with Crippen molar-refractivity contribution in [1.29, 1.82) is 0 Å². The van der Waals surface area contributed by atoms with Crippen molar-refractivity contribution in [2.75, 3.05) is 29.7 Å². The van der Waals surface area contributed by atoms with Crippen LogP contribution in [0, 0.1) is 0 Å². The predicted octanol–water partition coefficient (Wildman–Crippen LogP) is 1.73. The first-order chi connectivity index (χ1) is 10.4. The van der Waals surface area contributed by atoms with Gasteiger partial charge in [-0.3, -0.25) is 4.79 Å². The molecular weight excluding hydrogens is 324 g/mol. The summed E-state index contributed by atoms with van der Waals surface area (Å²) in [5.41, 5.74) is 0.440. The summed E-state index contributed by atoms with van der Waals surface area (Å²) in [6.45, 7) is 0.808. The Morgan fingerprint density at radius 2 is 2.32 bits per heavy atom. The van der Waals surface area contributed by atoms with Gasteiger partial charge in [0.05, 0.1) is 11.9 Å². The second kappa shape index (κ2) is 7.94. The maximum atomic E-state index is 11.9. The van der Waals surface area contributed by atoms with Crippen molar-refractivity contribution in [1.82, 2.24) is 4.98 Å². The summed E-state index contributed by atoms with van der Waals surface area (Å²) in [4.78, 5) is 15.7. The summed E-state index contributed by atoms with van der Waals surface area (Å²) in [5, 5.41) is 2.64. The van der Waals surface area contributed by atoms with Gasteiger partial charge in [-0.1, -0.05) is 0 Å². The lowest BCUT2D eigenvalue weighted by Crippen LogP contribution is -2.23. The zero-order chi connectivity index (χ0) is 16.0. The van der Waals surface area contributed by atoms with Gasteiger partial charge >= 0.3 is 0 Å². The monoisotopic (exact) mass is 344 g/mol. The van der Waals surface area contributed by atoms with Crippen molar-refractivity contribution in [3.63, 3.8) is 0 Å². The van der Waals surface area contributed by atoms with Crippen molar-refractivity contribution < 1.29 is 17.9 Å². The number of pyridine rings is 1. The van der Waals surface area contributed by atoms with E-state index in [1.165, 1.54) is 30.4 Å². The molecule has 122 valence electrons. The highest BCUT2D eigenvalue weighted by molar-refractivity contribution is 8.00. The molecule has 1 aromatic heterocycles. The van der Waals surface area contributed by atoms with E-state index in [1.807, 2.05) is 0 Å². The van der Waals surface area contributed by atoms with Gasteiger partial charge in [0.15, 0.2) is 14.9 Å². The molecule has 2 rings (SSSR count). The molecular formula is C14H20N2O4S2. The van der Waals surface area contributed by atoms with Gasteiger partial charge in [-0.2, -0.15) is 0 Å². The highest BCUT2D eigenvalue weighted by Crippen LogP contribution is 2.18. The number of sulfone groups is 1. The van der Waals surface area contributed by atoms with Gasteiger partial charge in [-0.15, -0.1) is 11.8 Å². The minimum absolute atomic E-state index is 0.0476. The van der Waals surface area contributed by atoms with Crippen LogP contribution in [0.2, 0.25) is 0 Å². The van der Waals surface area contributed by atoms with E-state index < -0.39 is 9.84 Å². The normalized spacial score (nSPS) is 18.9. The Bertz CT molecular complexity index is 613. The Hall–Kier alpha value is -1.12. The lowest BCUT2D eigenvalue weighted by atomic mass is 10.1.